The third kappa shape index (κ3) is 2.56. The number of hydrogen-bond acceptors (Lipinski definition) is 1. The molecule has 0 saturated carbocycles. The topological polar surface area (TPSA) is 15.3 Å². The molecule has 1 heterocycles. The molecule has 0 aromatic heterocycles. The highest BCUT2D eigenvalue weighted by atomic mass is 32.1. The van der Waals surface area contributed by atoms with Gasteiger partial charge in [0.05, 0.1) is 0 Å². The standard InChI is InChI=1S/C10H20N2S/c1-8(2)11-9(13)12-7-5-6-10(12,3)4/h8H,5-7H2,1-4H3,(H,11,13). The predicted molar refractivity (Wildman–Crippen MR) is 60.9 cm³/mol. The minimum Gasteiger partial charge on any atom is -0.360 e. The van der Waals surface area contributed by atoms with Gasteiger partial charge < -0.3 is 10.2 Å². The van der Waals surface area contributed by atoms with Gasteiger partial charge in [-0.15, -0.1) is 0 Å². The molecule has 0 radical (unpaired) electrons. The lowest BCUT2D eigenvalue weighted by molar-refractivity contribution is 0.277. The van der Waals surface area contributed by atoms with Gasteiger partial charge in [0.15, 0.2) is 5.11 Å². The summed E-state index contributed by atoms with van der Waals surface area (Å²) in [4.78, 5) is 2.31. The number of nitrogens with one attached hydrogen (secondary N) is 1. The molecule has 0 spiro atoms. The lowest BCUT2D eigenvalue weighted by atomic mass is 10.0. The van der Waals surface area contributed by atoms with Crippen molar-refractivity contribution in [2.45, 2.75) is 52.1 Å². The van der Waals surface area contributed by atoms with Crippen LogP contribution in [-0.4, -0.2) is 28.1 Å². The van der Waals surface area contributed by atoms with Crippen LogP contribution in [0.25, 0.3) is 0 Å². The molecular weight excluding hydrogens is 180 g/mol. The first-order valence-corrected chi connectivity index (χ1v) is 5.42. The molecule has 0 aromatic rings. The maximum absolute atomic E-state index is 5.35. The zero-order chi connectivity index (χ0) is 10.1. The van der Waals surface area contributed by atoms with Gasteiger partial charge in [-0.1, -0.05) is 0 Å². The number of rotatable bonds is 1. The molecule has 76 valence electrons. The Balaban J connectivity index is 2.56. The summed E-state index contributed by atoms with van der Waals surface area (Å²) in [6, 6.07) is 0.434. The van der Waals surface area contributed by atoms with E-state index in [1.165, 1.54) is 12.8 Å². The quantitative estimate of drug-likeness (QED) is 0.653. The molecule has 0 aliphatic carbocycles. The van der Waals surface area contributed by atoms with E-state index in [1.807, 2.05) is 0 Å². The Morgan fingerprint density at radius 2 is 2.08 bits per heavy atom. The SMILES string of the molecule is CC(C)NC(=S)N1CCCC1(C)C. The van der Waals surface area contributed by atoms with Gasteiger partial charge in [0, 0.05) is 18.1 Å². The molecule has 1 N–H and O–H groups in total. The lowest BCUT2D eigenvalue weighted by Gasteiger charge is -2.34. The average Bonchev–Trinajstić information content (AvgIpc) is 2.27. The summed E-state index contributed by atoms with van der Waals surface area (Å²) in [6.45, 7) is 9.86. The van der Waals surface area contributed by atoms with Crippen molar-refractivity contribution in [1.29, 1.82) is 0 Å². The van der Waals surface area contributed by atoms with Crippen LogP contribution in [0.2, 0.25) is 0 Å². The molecule has 0 bridgehead atoms. The van der Waals surface area contributed by atoms with Gasteiger partial charge in [0.25, 0.3) is 0 Å². The van der Waals surface area contributed by atoms with Crippen LogP contribution in [0.1, 0.15) is 40.5 Å². The van der Waals surface area contributed by atoms with Gasteiger partial charge in [0.2, 0.25) is 0 Å². The van der Waals surface area contributed by atoms with Crippen molar-refractivity contribution in [3.05, 3.63) is 0 Å². The molecule has 13 heavy (non-hydrogen) atoms. The minimum atomic E-state index is 0.249. The highest BCUT2D eigenvalue weighted by Crippen LogP contribution is 2.27. The van der Waals surface area contributed by atoms with Crippen LogP contribution in [0.4, 0.5) is 0 Å². The molecule has 0 amide bonds. The normalized spacial score (nSPS) is 20.8. The van der Waals surface area contributed by atoms with Crippen LogP contribution in [0, 0.1) is 0 Å². The summed E-state index contributed by atoms with van der Waals surface area (Å²) in [5.74, 6) is 0. The third-order valence-electron chi connectivity index (χ3n) is 2.56. The van der Waals surface area contributed by atoms with E-state index in [9.17, 15) is 0 Å². The molecule has 0 unspecified atom stereocenters. The van der Waals surface area contributed by atoms with Gasteiger partial charge in [-0.05, 0) is 52.8 Å². The van der Waals surface area contributed by atoms with E-state index >= 15 is 0 Å². The van der Waals surface area contributed by atoms with Crippen LogP contribution < -0.4 is 5.32 Å². The number of thiocarbonyl (C=S) groups is 1. The minimum absolute atomic E-state index is 0.249. The fraction of sp³-hybridized carbons (Fsp3) is 0.900. The van der Waals surface area contributed by atoms with Gasteiger partial charge in [-0.2, -0.15) is 0 Å². The summed E-state index contributed by atoms with van der Waals surface area (Å²) in [7, 11) is 0. The zero-order valence-electron chi connectivity index (χ0n) is 9.05. The zero-order valence-corrected chi connectivity index (χ0v) is 9.87. The van der Waals surface area contributed by atoms with Crippen LogP contribution in [0.3, 0.4) is 0 Å². The van der Waals surface area contributed by atoms with Crippen LogP contribution in [-0.2, 0) is 0 Å². The van der Waals surface area contributed by atoms with Crippen molar-refractivity contribution in [3.63, 3.8) is 0 Å². The molecule has 0 atom stereocenters. The van der Waals surface area contributed by atoms with Crippen molar-refractivity contribution in [2.75, 3.05) is 6.54 Å². The molecule has 1 fully saturated rings. The van der Waals surface area contributed by atoms with Crippen LogP contribution in [0.5, 0.6) is 0 Å². The van der Waals surface area contributed by atoms with Crippen LogP contribution >= 0.6 is 12.2 Å². The Kier molecular flexibility index (Phi) is 3.17. The number of nitrogens with zero attached hydrogens (tertiary/aromatic N) is 1. The molecule has 1 aliphatic rings. The second-order valence-electron chi connectivity index (χ2n) is 4.67. The Labute approximate surface area is 86.7 Å². The maximum atomic E-state index is 5.35. The Hall–Kier alpha value is -0.310. The predicted octanol–water partition coefficient (Wildman–Crippen LogP) is 2.14. The summed E-state index contributed by atoms with van der Waals surface area (Å²) >= 11 is 5.35. The fourth-order valence-electron chi connectivity index (χ4n) is 1.81. The molecule has 1 rings (SSSR count). The smallest absolute Gasteiger partial charge is 0.169 e. The van der Waals surface area contributed by atoms with Gasteiger partial charge in [-0.3, -0.25) is 0 Å². The van der Waals surface area contributed by atoms with Gasteiger partial charge in [-0.25, -0.2) is 0 Å². The fourth-order valence-corrected chi connectivity index (χ4v) is 2.38. The first-order chi connectivity index (χ1) is 5.93. The number of likely N-dealkylation sites (tertiary alicyclic amines) is 1. The monoisotopic (exact) mass is 200 g/mol. The number of hydrogen-bond donors (Lipinski definition) is 1. The molecule has 0 aromatic carbocycles. The summed E-state index contributed by atoms with van der Waals surface area (Å²) in [5.41, 5.74) is 0.249. The lowest BCUT2D eigenvalue weighted by Crippen LogP contribution is -2.49. The maximum Gasteiger partial charge on any atom is 0.169 e. The Morgan fingerprint density at radius 1 is 1.46 bits per heavy atom. The van der Waals surface area contributed by atoms with Gasteiger partial charge >= 0.3 is 0 Å². The van der Waals surface area contributed by atoms with E-state index < -0.39 is 0 Å². The average molecular weight is 200 g/mol. The largest absolute Gasteiger partial charge is 0.360 e. The van der Waals surface area contributed by atoms with E-state index in [0.717, 1.165) is 11.7 Å². The third-order valence-corrected chi connectivity index (χ3v) is 2.90. The van der Waals surface area contributed by atoms with E-state index in [-0.39, 0.29) is 5.54 Å². The molecule has 1 aliphatic heterocycles. The van der Waals surface area contributed by atoms with E-state index in [2.05, 4.69) is 37.9 Å². The molecule has 2 nitrogen and oxygen atoms in total. The summed E-state index contributed by atoms with van der Waals surface area (Å²) < 4.78 is 0. The molecule has 1 saturated heterocycles. The first-order valence-electron chi connectivity index (χ1n) is 5.01. The van der Waals surface area contributed by atoms with Gasteiger partial charge in [0.1, 0.15) is 0 Å². The van der Waals surface area contributed by atoms with E-state index in [4.69, 9.17) is 12.2 Å². The second kappa shape index (κ2) is 3.82. The Morgan fingerprint density at radius 3 is 2.46 bits per heavy atom. The summed E-state index contributed by atoms with van der Waals surface area (Å²) in [5, 5.41) is 4.21. The highest BCUT2D eigenvalue weighted by molar-refractivity contribution is 7.80. The highest BCUT2D eigenvalue weighted by Gasteiger charge is 2.33. The van der Waals surface area contributed by atoms with E-state index in [1.54, 1.807) is 0 Å². The van der Waals surface area contributed by atoms with Crippen molar-refractivity contribution in [1.82, 2.24) is 10.2 Å². The van der Waals surface area contributed by atoms with Crippen molar-refractivity contribution in [3.8, 4) is 0 Å². The molecule has 3 heteroatoms. The van der Waals surface area contributed by atoms with Crippen LogP contribution in [0.15, 0.2) is 0 Å². The summed E-state index contributed by atoms with van der Waals surface area (Å²) in [6.07, 6.45) is 2.50. The van der Waals surface area contributed by atoms with Crippen molar-refractivity contribution >= 4 is 17.3 Å². The molecular formula is C10H20N2S. The second-order valence-corrected chi connectivity index (χ2v) is 5.06. The van der Waals surface area contributed by atoms with Crippen molar-refractivity contribution < 1.29 is 0 Å². The van der Waals surface area contributed by atoms with Crippen molar-refractivity contribution in [2.24, 2.45) is 0 Å². The van der Waals surface area contributed by atoms with E-state index in [0.29, 0.717) is 6.04 Å². The Bertz CT molecular complexity index is 199. The first kappa shape index (κ1) is 10.8.